The average molecular weight is 194 g/mol. The van der Waals surface area contributed by atoms with Crippen LogP contribution in [0.4, 0.5) is 0 Å². The summed E-state index contributed by atoms with van der Waals surface area (Å²) in [5, 5.41) is 9.02. The van der Waals surface area contributed by atoms with Gasteiger partial charge in [0.25, 0.3) is 0 Å². The molecule has 3 atom stereocenters. The van der Waals surface area contributed by atoms with E-state index in [4.69, 9.17) is 5.26 Å². The summed E-state index contributed by atoms with van der Waals surface area (Å²) in [6, 6.07) is 3.59. The standard InChI is InChI=1S/C12H22N2/c1-4-6-10(2)14(3)12-8-5-7-11(12)9-13/h10-12H,4-8H2,1-3H3. The van der Waals surface area contributed by atoms with Crippen molar-refractivity contribution in [2.75, 3.05) is 7.05 Å². The first kappa shape index (κ1) is 11.5. The molecule has 80 valence electrons. The maximum Gasteiger partial charge on any atom is 0.0672 e. The van der Waals surface area contributed by atoms with Crippen molar-refractivity contribution >= 4 is 0 Å². The van der Waals surface area contributed by atoms with Gasteiger partial charge in [0.05, 0.1) is 12.0 Å². The highest BCUT2D eigenvalue weighted by atomic mass is 15.2. The fraction of sp³-hybridized carbons (Fsp3) is 0.917. The zero-order valence-corrected chi connectivity index (χ0v) is 9.66. The minimum Gasteiger partial charge on any atom is -0.299 e. The van der Waals surface area contributed by atoms with Gasteiger partial charge in [-0.15, -0.1) is 0 Å². The van der Waals surface area contributed by atoms with Crippen LogP contribution in [0.2, 0.25) is 0 Å². The third kappa shape index (κ3) is 2.48. The van der Waals surface area contributed by atoms with E-state index in [1.54, 1.807) is 0 Å². The first-order valence-electron chi connectivity index (χ1n) is 5.82. The second kappa shape index (κ2) is 5.36. The Labute approximate surface area is 87.9 Å². The van der Waals surface area contributed by atoms with Gasteiger partial charge in [-0.2, -0.15) is 5.26 Å². The summed E-state index contributed by atoms with van der Waals surface area (Å²) in [4.78, 5) is 2.42. The van der Waals surface area contributed by atoms with E-state index in [1.807, 2.05) is 0 Å². The van der Waals surface area contributed by atoms with Gasteiger partial charge >= 0.3 is 0 Å². The molecule has 0 spiro atoms. The van der Waals surface area contributed by atoms with Gasteiger partial charge in [-0.1, -0.05) is 19.8 Å². The summed E-state index contributed by atoms with van der Waals surface area (Å²) in [6.07, 6.45) is 6.01. The molecule has 0 aromatic rings. The third-order valence-corrected chi connectivity index (χ3v) is 3.57. The molecule has 2 heteroatoms. The summed E-state index contributed by atoms with van der Waals surface area (Å²) in [6.45, 7) is 4.50. The molecule has 14 heavy (non-hydrogen) atoms. The molecule has 1 aliphatic carbocycles. The third-order valence-electron chi connectivity index (χ3n) is 3.57. The van der Waals surface area contributed by atoms with Crippen LogP contribution in [-0.2, 0) is 0 Å². The summed E-state index contributed by atoms with van der Waals surface area (Å²) in [5.41, 5.74) is 0. The van der Waals surface area contributed by atoms with E-state index in [-0.39, 0.29) is 5.92 Å². The Hall–Kier alpha value is -0.550. The van der Waals surface area contributed by atoms with Crippen LogP contribution in [0.5, 0.6) is 0 Å². The zero-order valence-electron chi connectivity index (χ0n) is 9.66. The highest BCUT2D eigenvalue weighted by Gasteiger charge is 2.31. The minimum absolute atomic E-state index is 0.277. The molecule has 0 heterocycles. The molecule has 0 aromatic heterocycles. The van der Waals surface area contributed by atoms with Crippen molar-refractivity contribution in [3.05, 3.63) is 0 Å². The van der Waals surface area contributed by atoms with Crippen LogP contribution in [-0.4, -0.2) is 24.0 Å². The molecule has 0 bridgehead atoms. The highest BCUT2D eigenvalue weighted by Crippen LogP contribution is 2.30. The first-order chi connectivity index (χ1) is 6.70. The second-order valence-corrected chi connectivity index (χ2v) is 4.54. The Kier molecular flexibility index (Phi) is 4.41. The fourth-order valence-corrected chi connectivity index (χ4v) is 2.53. The number of hydrogen-bond donors (Lipinski definition) is 0. The summed E-state index contributed by atoms with van der Waals surface area (Å²) >= 11 is 0. The van der Waals surface area contributed by atoms with Crippen LogP contribution >= 0.6 is 0 Å². The average Bonchev–Trinajstić information content (AvgIpc) is 2.64. The molecule has 1 saturated carbocycles. The fourth-order valence-electron chi connectivity index (χ4n) is 2.53. The molecule has 0 aliphatic heterocycles. The van der Waals surface area contributed by atoms with E-state index < -0.39 is 0 Å². The van der Waals surface area contributed by atoms with E-state index in [1.165, 1.54) is 25.7 Å². The number of nitrogens with zero attached hydrogens (tertiary/aromatic N) is 2. The van der Waals surface area contributed by atoms with E-state index in [9.17, 15) is 0 Å². The minimum atomic E-state index is 0.277. The predicted molar refractivity (Wildman–Crippen MR) is 58.9 cm³/mol. The van der Waals surface area contributed by atoms with Crippen molar-refractivity contribution in [2.45, 2.75) is 58.0 Å². The molecule has 3 unspecified atom stereocenters. The number of hydrogen-bond acceptors (Lipinski definition) is 2. The maximum absolute atomic E-state index is 9.02. The molecule has 1 rings (SSSR count). The molecule has 0 saturated heterocycles. The van der Waals surface area contributed by atoms with Gasteiger partial charge < -0.3 is 0 Å². The van der Waals surface area contributed by atoms with E-state index >= 15 is 0 Å². The smallest absolute Gasteiger partial charge is 0.0672 e. The van der Waals surface area contributed by atoms with Crippen molar-refractivity contribution in [1.29, 1.82) is 5.26 Å². The van der Waals surface area contributed by atoms with Crippen molar-refractivity contribution in [1.82, 2.24) is 4.90 Å². The molecule has 0 radical (unpaired) electrons. The molecule has 2 nitrogen and oxygen atoms in total. The maximum atomic E-state index is 9.02. The molecular weight excluding hydrogens is 172 g/mol. The summed E-state index contributed by atoms with van der Waals surface area (Å²) in [5.74, 6) is 0.277. The Morgan fingerprint density at radius 1 is 1.50 bits per heavy atom. The van der Waals surface area contributed by atoms with Crippen LogP contribution in [0.25, 0.3) is 0 Å². The van der Waals surface area contributed by atoms with Gasteiger partial charge in [0, 0.05) is 12.1 Å². The summed E-state index contributed by atoms with van der Waals surface area (Å²) in [7, 11) is 2.18. The van der Waals surface area contributed by atoms with Gasteiger partial charge in [0.15, 0.2) is 0 Å². The molecule has 0 N–H and O–H groups in total. The normalized spacial score (nSPS) is 29.1. The molecule has 0 aromatic carbocycles. The van der Waals surface area contributed by atoms with Crippen molar-refractivity contribution in [3.63, 3.8) is 0 Å². The van der Waals surface area contributed by atoms with Crippen molar-refractivity contribution in [2.24, 2.45) is 5.92 Å². The van der Waals surface area contributed by atoms with Gasteiger partial charge in [-0.3, -0.25) is 4.90 Å². The lowest BCUT2D eigenvalue weighted by Gasteiger charge is -2.32. The van der Waals surface area contributed by atoms with Gasteiger partial charge in [0.2, 0.25) is 0 Å². The van der Waals surface area contributed by atoms with E-state index in [2.05, 4.69) is 31.9 Å². The van der Waals surface area contributed by atoms with E-state index in [0.717, 1.165) is 6.42 Å². The largest absolute Gasteiger partial charge is 0.299 e. The molecular formula is C12H22N2. The zero-order chi connectivity index (χ0) is 10.6. The topological polar surface area (TPSA) is 27.0 Å². The lowest BCUT2D eigenvalue weighted by Crippen LogP contribution is -2.40. The first-order valence-corrected chi connectivity index (χ1v) is 5.82. The lowest BCUT2D eigenvalue weighted by atomic mass is 10.0. The quantitative estimate of drug-likeness (QED) is 0.688. The van der Waals surface area contributed by atoms with Crippen LogP contribution in [0.15, 0.2) is 0 Å². The predicted octanol–water partition coefficient (Wildman–Crippen LogP) is 2.80. The number of nitriles is 1. The van der Waals surface area contributed by atoms with Crippen LogP contribution < -0.4 is 0 Å². The van der Waals surface area contributed by atoms with Gasteiger partial charge in [-0.25, -0.2) is 0 Å². The van der Waals surface area contributed by atoms with Gasteiger partial charge in [0.1, 0.15) is 0 Å². The monoisotopic (exact) mass is 194 g/mol. The van der Waals surface area contributed by atoms with Crippen molar-refractivity contribution < 1.29 is 0 Å². The lowest BCUT2D eigenvalue weighted by molar-refractivity contribution is 0.159. The van der Waals surface area contributed by atoms with Crippen LogP contribution in [0.3, 0.4) is 0 Å². The van der Waals surface area contributed by atoms with Crippen molar-refractivity contribution in [3.8, 4) is 6.07 Å². The molecule has 1 fully saturated rings. The van der Waals surface area contributed by atoms with Crippen LogP contribution in [0.1, 0.15) is 46.0 Å². The molecule has 1 aliphatic rings. The Morgan fingerprint density at radius 2 is 2.21 bits per heavy atom. The summed E-state index contributed by atoms with van der Waals surface area (Å²) < 4.78 is 0. The Balaban J connectivity index is 2.51. The molecule has 0 amide bonds. The van der Waals surface area contributed by atoms with E-state index in [0.29, 0.717) is 12.1 Å². The second-order valence-electron chi connectivity index (χ2n) is 4.54. The number of rotatable bonds is 4. The Bertz CT molecular complexity index is 207. The Morgan fingerprint density at radius 3 is 2.79 bits per heavy atom. The SMILES string of the molecule is CCCC(C)N(C)C1CCCC1C#N. The van der Waals surface area contributed by atoms with Crippen LogP contribution in [0, 0.1) is 17.2 Å². The van der Waals surface area contributed by atoms with Gasteiger partial charge in [-0.05, 0) is 33.2 Å². The highest BCUT2D eigenvalue weighted by molar-refractivity contribution is 4.97.